The third-order valence-electron chi connectivity index (χ3n) is 5.44. The van der Waals surface area contributed by atoms with Gasteiger partial charge in [-0.3, -0.25) is 14.7 Å². The maximum atomic E-state index is 12.8. The molecule has 0 unspecified atom stereocenters. The van der Waals surface area contributed by atoms with E-state index in [0.717, 1.165) is 44.0 Å². The Kier molecular flexibility index (Phi) is 5.36. The minimum Gasteiger partial charge on any atom is -0.497 e. The van der Waals surface area contributed by atoms with Crippen LogP contribution in [-0.2, 0) is 16.1 Å². The van der Waals surface area contributed by atoms with Gasteiger partial charge in [-0.05, 0) is 42.7 Å². The highest BCUT2D eigenvalue weighted by atomic mass is 16.5. The highest BCUT2D eigenvalue weighted by Gasteiger charge is 2.42. The van der Waals surface area contributed by atoms with Crippen LogP contribution in [0.25, 0.3) is 0 Å². The quantitative estimate of drug-likeness (QED) is 0.880. The first-order valence-corrected chi connectivity index (χ1v) is 9.42. The summed E-state index contributed by atoms with van der Waals surface area (Å²) in [6, 6.07) is 12.2. The van der Waals surface area contributed by atoms with E-state index in [1.807, 2.05) is 24.3 Å². The number of benzene rings is 1. The van der Waals surface area contributed by atoms with Crippen LogP contribution in [0.3, 0.4) is 0 Å². The Labute approximate surface area is 159 Å². The third-order valence-corrected chi connectivity index (χ3v) is 5.44. The Bertz CT molecular complexity index is 783. The van der Waals surface area contributed by atoms with Gasteiger partial charge in [0.15, 0.2) is 0 Å². The first kappa shape index (κ1) is 17.9. The van der Waals surface area contributed by atoms with E-state index in [4.69, 9.17) is 9.47 Å². The lowest BCUT2D eigenvalue weighted by Crippen LogP contribution is -2.51. The number of hydrogen-bond donors (Lipinski definition) is 1. The number of methoxy groups -OCH3 is 1. The van der Waals surface area contributed by atoms with Gasteiger partial charge in [-0.25, -0.2) is 0 Å². The van der Waals surface area contributed by atoms with Gasteiger partial charge >= 0.3 is 0 Å². The highest BCUT2D eigenvalue weighted by molar-refractivity contribution is 5.92. The minimum atomic E-state index is -0.102. The van der Waals surface area contributed by atoms with Crippen molar-refractivity contribution in [3.8, 4) is 5.75 Å². The van der Waals surface area contributed by atoms with E-state index in [-0.39, 0.29) is 17.9 Å². The number of ether oxygens (including phenoxy) is 2. The zero-order chi connectivity index (χ0) is 18.6. The monoisotopic (exact) mass is 367 g/mol. The topological polar surface area (TPSA) is 63.7 Å². The number of rotatable bonds is 5. The number of pyridine rings is 1. The molecular weight excluding hydrogens is 342 g/mol. The van der Waals surface area contributed by atoms with Crippen molar-refractivity contribution in [1.29, 1.82) is 0 Å². The lowest BCUT2D eigenvalue weighted by molar-refractivity contribution is -0.124. The van der Waals surface area contributed by atoms with E-state index in [2.05, 4.69) is 27.3 Å². The normalized spacial score (nSPS) is 25.0. The largest absolute Gasteiger partial charge is 0.497 e. The summed E-state index contributed by atoms with van der Waals surface area (Å²) in [6.07, 6.45) is 5.28. The molecule has 0 aliphatic carbocycles. The Morgan fingerprint density at radius 1 is 1.37 bits per heavy atom. The van der Waals surface area contributed by atoms with Crippen LogP contribution in [0, 0.1) is 5.92 Å². The molecule has 0 saturated carbocycles. The Hall–Kier alpha value is -2.44. The van der Waals surface area contributed by atoms with Crippen molar-refractivity contribution in [1.82, 2.24) is 9.88 Å². The summed E-state index contributed by atoms with van der Waals surface area (Å²) < 4.78 is 11.3. The number of likely N-dealkylation sites (tertiary alicyclic amines) is 1. The van der Waals surface area contributed by atoms with Crippen LogP contribution >= 0.6 is 0 Å². The molecule has 3 atom stereocenters. The van der Waals surface area contributed by atoms with Crippen molar-refractivity contribution in [3.05, 3.63) is 54.4 Å². The fourth-order valence-electron chi connectivity index (χ4n) is 4.11. The standard InChI is InChI=1S/C21H25N3O3/c1-26-18-6-2-4-15(10-18)13-24-14-16(11-20-19(24)7-9-27-20)21(25)23-17-5-3-8-22-12-17/h2-6,8,10,12,16,19-20H,7,9,11,13-14H2,1H3,(H,23,25)/t16-,19+,20+/m0/s1. The van der Waals surface area contributed by atoms with Crippen molar-refractivity contribution in [2.24, 2.45) is 5.92 Å². The van der Waals surface area contributed by atoms with Gasteiger partial charge in [-0.2, -0.15) is 0 Å². The van der Waals surface area contributed by atoms with E-state index in [1.54, 1.807) is 19.5 Å². The van der Waals surface area contributed by atoms with Crippen LogP contribution in [-0.4, -0.2) is 48.2 Å². The average Bonchev–Trinajstić information content (AvgIpc) is 3.18. The summed E-state index contributed by atoms with van der Waals surface area (Å²) in [7, 11) is 1.68. The Balaban J connectivity index is 1.47. The van der Waals surface area contributed by atoms with Crippen molar-refractivity contribution in [3.63, 3.8) is 0 Å². The summed E-state index contributed by atoms with van der Waals surface area (Å²) in [5.74, 6) is 0.789. The predicted molar refractivity (Wildman–Crippen MR) is 103 cm³/mol. The molecular formula is C21H25N3O3. The lowest BCUT2D eigenvalue weighted by atomic mass is 9.89. The molecule has 2 aromatic rings. The molecule has 2 aliphatic heterocycles. The summed E-state index contributed by atoms with van der Waals surface area (Å²) in [5.41, 5.74) is 1.92. The molecule has 0 spiro atoms. The molecule has 6 heteroatoms. The van der Waals surface area contributed by atoms with E-state index < -0.39 is 0 Å². The molecule has 1 aromatic carbocycles. The van der Waals surface area contributed by atoms with E-state index in [1.165, 1.54) is 5.56 Å². The average molecular weight is 367 g/mol. The minimum absolute atomic E-state index is 0.0348. The summed E-state index contributed by atoms with van der Waals surface area (Å²) in [4.78, 5) is 19.3. The van der Waals surface area contributed by atoms with Crippen LogP contribution in [0.4, 0.5) is 5.69 Å². The fourth-order valence-corrected chi connectivity index (χ4v) is 4.11. The maximum Gasteiger partial charge on any atom is 0.228 e. The van der Waals surface area contributed by atoms with Crippen LogP contribution in [0.1, 0.15) is 18.4 Å². The summed E-state index contributed by atoms with van der Waals surface area (Å²) >= 11 is 0. The number of fused-ring (bicyclic) bond motifs is 1. The molecule has 2 fully saturated rings. The number of carbonyl (C=O) groups is 1. The van der Waals surface area contributed by atoms with Gasteiger partial charge in [0.1, 0.15) is 5.75 Å². The second-order valence-corrected chi connectivity index (χ2v) is 7.21. The van der Waals surface area contributed by atoms with Gasteiger partial charge in [0.05, 0.1) is 31.0 Å². The van der Waals surface area contributed by atoms with Gasteiger partial charge < -0.3 is 14.8 Å². The van der Waals surface area contributed by atoms with Gasteiger partial charge in [0.25, 0.3) is 0 Å². The van der Waals surface area contributed by atoms with E-state index in [0.29, 0.717) is 6.04 Å². The van der Waals surface area contributed by atoms with Crippen LogP contribution in [0.2, 0.25) is 0 Å². The first-order valence-electron chi connectivity index (χ1n) is 9.42. The molecule has 3 heterocycles. The molecule has 142 valence electrons. The van der Waals surface area contributed by atoms with Gasteiger partial charge in [-0.15, -0.1) is 0 Å². The zero-order valence-electron chi connectivity index (χ0n) is 15.5. The Morgan fingerprint density at radius 3 is 3.11 bits per heavy atom. The van der Waals surface area contributed by atoms with Crippen LogP contribution < -0.4 is 10.1 Å². The molecule has 1 amide bonds. The Morgan fingerprint density at radius 2 is 2.30 bits per heavy atom. The molecule has 0 radical (unpaired) electrons. The highest BCUT2D eigenvalue weighted by Crippen LogP contribution is 2.33. The number of anilines is 1. The second kappa shape index (κ2) is 8.06. The first-order chi connectivity index (χ1) is 13.2. The molecule has 1 N–H and O–H groups in total. The van der Waals surface area contributed by atoms with Crippen molar-refractivity contribution in [2.45, 2.75) is 31.5 Å². The summed E-state index contributed by atoms with van der Waals surface area (Å²) in [6.45, 7) is 2.28. The fraction of sp³-hybridized carbons (Fsp3) is 0.429. The van der Waals surface area contributed by atoms with E-state index >= 15 is 0 Å². The molecule has 2 saturated heterocycles. The number of nitrogens with zero attached hydrogens (tertiary/aromatic N) is 2. The molecule has 4 rings (SSSR count). The SMILES string of the molecule is COc1cccc(CN2C[C@@H](C(=O)Nc3cccnc3)C[C@H]3OCC[C@H]32)c1. The van der Waals surface area contributed by atoms with Gasteiger partial charge in [0.2, 0.25) is 5.91 Å². The zero-order valence-corrected chi connectivity index (χ0v) is 15.5. The number of piperidine rings is 1. The second-order valence-electron chi connectivity index (χ2n) is 7.21. The van der Waals surface area contributed by atoms with Gasteiger partial charge in [0, 0.05) is 31.9 Å². The number of aromatic nitrogens is 1. The van der Waals surface area contributed by atoms with Crippen molar-refractivity contribution >= 4 is 11.6 Å². The molecule has 6 nitrogen and oxygen atoms in total. The number of amides is 1. The number of hydrogen-bond acceptors (Lipinski definition) is 5. The number of carbonyl (C=O) groups excluding carboxylic acids is 1. The smallest absolute Gasteiger partial charge is 0.228 e. The van der Waals surface area contributed by atoms with Crippen molar-refractivity contribution in [2.75, 3.05) is 25.6 Å². The van der Waals surface area contributed by atoms with Gasteiger partial charge in [-0.1, -0.05) is 12.1 Å². The van der Waals surface area contributed by atoms with Crippen LogP contribution in [0.5, 0.6) is 5.75 Å². The predicted octanol–water partition coefficient (Wildman–Crippen LogP) is 2.71. The molecule has 0 bridgehead atoms. The maximum absolute atomic E-state index is 12.8. The van der Waals surface area contributed by atoms with Crippen LogP contribution in [0.15, 0.2) is 48.8 Å². The van der Waals surface area contributed by atoms with E-state index in [9.17, 15) is 4.79 Å². The van der Waals surface area contributed by atoms with Crippen molar-refractivity contribution < 1.29 is 14.3 Å². The molecule has 2 aliphatic rings. The lowest BCUT2D eigenvalue weighted by Gasteiger charge is -2.40. The molecule has 1 aromatic heterocycles. The summed E-state index contributed by atoms with van der Waals surface area (Å²) in [5, 5.41) is 2.99. The number of nitrogens with one attached hydrogen (secondary N) is 1. The molecule has 27 heavy (non-hydrogen) atoms. The third kappa shape index (κ3) is 4.12.